The third-order valence-corrected chi connectivity index (χ3v) is 4.82. The summed E-state index contributed by atoms with van der Waals surface area (Å²) in [5.41, 5.74) is 0.937. The number of hydrogen-bond acceptors (Lipinski definition) is 9. The highest BCUT2D eigenvalue weighted by Gasteiger charge is 2.18. The van der Waals surface area contributed by atoms with E-state index in [-0.39, 0.29) is 12.5 Å². The highest BCUT2D eigenvalue weighted by Crippen LogP contribution is 2.35. The van der Waals surface area contributed by atoms with E-state index in [2.05, 4.69) is 25.5 Å². The maximum atomic E-state index is 11.3. The third-order valence-electron chi connectivity index (χ3n) is 3.74. The van der Waals surface area contributed by atoms with Crippen molar-refractivity contribution < 1.29 is 14.3 Å². The molecule has 3 rings (SSSR count). The molecule has 2 aromatic heterocycles. The number of esters is 1. The second-order valence-electron chi connectivity index (χ2n) is 5.60. The number of thiophene rings is 1. The number of rotatable bonds is 7. The summed E-state index contributed by atoms with van der Waals surface area (Å²) in [6, 6.07) is 2.02. The lowest BCUT2D eigenvalue weighted by atomic mass is 10.3. The van der Waals surface area contributed by atoms with Gasteiger partial charge in [0.1, 0.15) is 5.82 Å². The number of ether oxygens (including phenoxy) is 2. The van der Waals surface area contributed by atoms with E-state index in [0.29, 0.717) is 13.3 Å². The molecular weight excluding hydrogens is 342 g/mol. The number of hydrogen-bond donors (Lipinski definition) is 2. The normalized spacial score (nSPS) is 14.7. The van der Waals surface area contributed by atoms with Gasteiger partial charge in [-0.2, -0.15) is 0 Å². The summed E-state index contributed by atoms with van der Waals surface area (Å²) in [6.07, 6.45) is 0. The average molecular weight is 365 g/mol. The number of aryl methyl sites for hydroxylation is 1. The lowest BCUT2D eigenvalue weighted by Crippen LogP contribution is -2.36. The fourth-order valence-electron chi connectivity index (χ4n) is 2.63. The van der Waals surface area contributed by atoms with Gasteiger partial charge in [0.15, 0.2) is 5.82 Å². The molecule has 1 aliphatic rings. The molecule has 0 aromatic carbocycles. The number of morpholine rings is 1. The van der Waals surface area contributed by atoms with Crippen LogP contribution in [0.2, 0.25) is 0 Å². The van der Waals surface area contributed by atoms with Crippen LogP contribution in [0.5, 0.6) is 0 Å². The Hall–Kier alpha value is -1.97. The van der Waals surface area contributed by atoms with Crippen LogP contribution in [0.15, 0.2) is 6.07 Å². The fourth-order valence-corrected chi connectivity index (χ4v) is 3.64. The molecule has 136 valence electrons. The predicted molar refractivity (Wildman–Crippen MR) is 98.3 cm³/mol. The number of anilines is 2. The molecule has 0 unspecified atom stereocenters. The van der Waals surface area contributed by atoms with Gasteiger partial charge in [0.2, 0.25) is 0 Å². The molecule has 1 fully saturated rings. The smallest absolute Gasteiger partial charge is 0.319 e. The van der Waals surface area contributed by atoms with Gasteiger partial charge >= 0.3 is 5.97 Å². The molecule has 0 saturated carbocycles. The Labute approximate surface area is 150 Å². The standard InChI is InChI=1S/C16H23N5O3S/c1-3-24-14(22)9-17-10-18-13-8-12-15(25-13)16(20-11(2)19-12)21-4-6-23-7-5-21/h8,17-18H,3-7,9-10H2,1-2H3. The summed E-state index contributed by atoms with van der Waals surface area (Å²) in [7, 11) is 0. The molecule has 0 amide bonds. The fraction of sp³-hybridized carbons (Fsp3) is 0.562. The molecule has 9 heteroatoms. The van der Waals surface area contributed by atoms with Crippen molar-refractivity contribution in [3.63, 3.8) is 0 Å². The van der Waals surface area contributed by atoms with Crippen LogP contribution in [0.25, 0.3) is 10.2 Å². The average Bonchev–Trinajstić information content (AvgIpc) is 3.01. The van der Waals surface area contributed by atoms with Crippen molar-refractivity contribution in [2.24, 2.45) is 0 Å². The van der Waals surface area contributed by atoms with Crippen molar-refractivity contribution >= 4 is 38.3 Å². The first-order chi connectivity index (χ1) is 12.2. The second-order valence-corrected chi connectivity index (χ2v) is 6.66. The Kier molecular flexibility index (Phi) is 6.00. The summed E-state index contributed by atoms with van der Waals surface area (Å²) >= 11 is 1.62. The van der Waals surface area contributed by atoms with E-state index in [0.717, 1.165) is 53.2 Å². The van der Waals surface area contributed by atoms with Gasteiger partial charge in [0.25, 0.3) is 0 Å². The van der Waals surface area contributed by atoms with Crippen LogP contribution in [0.4, 0.5) is 10.8 Å². The minimum absolute atomic E-state index is 0.184. The highest BCUT2D eigenvalue weighted by molar-refractivity contribution is 7.23. The van der Waals surface area contributed by atoms with E-state index < -0.39 is 0 Å². The zero-order valence-electron chi connectivity index (χ0n) is 14.5. The van der Waals surface area contributed by atoms with Crippen LogP contribution in [0.3, 0.4) is 0 Å². The van der Waals surface area contributed by atoms with Crippen LogP contribution >= 0.6 is 11.3 Å². The van der Waals surface area contributed by atoms with E-state index >= 15 is 0 Å². The van der Waals surface area contributed by atoms with Gasteiger partial charge in [-0.15, -0.1) is 11.3 Å². The maximum Gasteiger partial charge on any atom is 0.319 e. The van der Waals surface area contributed by atoms with Gasteiger partial charge in [-0.3, -0.25) is 10.1 Å². The molecule has 1 saturated heterocycles. The Morgan fingerprint density at radius 2 is 2.20 bits per heavy atom. The molecule has 0 aliphatic carbocycles. The zero-order chi connectivity index (χ0) is 17.6. The molecule has 2 aromatic rings. The van der Waals surface area contributed by atoms with Crippen molar-refractivity contribution in [3.05, 3.63) is 11.9 Å². The van der Waals surface area contributed by atoms with Crippen molar-refractivity contribution in [2.75, 3.05) is 56.3 Å². The summed E-state index contributed by atoms with van der Waals surface area (Å²) in [4.78, 5) is 22.7. The van der Waals surface area contributed by atoms with Crippen LogP contribution in [0.1, 0.15) is 12.7 Å². The van der Waals surface area contributed by atoms with Crippen molar-refractivity contribution in [1.82, 2.24) is 15.3 Å². The van der Waals surface area contributed by atoms with E-state index in [1.165, 1.54) is 0 Å². The number of nitrogens with one attached hydrogen (secondary N) is 2. The molecule has 3 heterocycles. The molecule has 0 bridgehead atoms. The number of fused-ring (bicyclic) bond motifs is 1. The van der Waals surface area contributed by atoms with Gasteiger partial charge in [-0.25, -0.2) is 9.97 Å². The molecular formula is C16H23N5O3S. The number of nitrogens with zero attached hydrogens (tertiary/aromatic N) is 3. The van der Waals surface area contributed by atoms with Gasteiger partial charge in [-0.05, 0) is 19.9 Å². The minimum Gasteiger partial charge on any atom is -0.465 e. The summed E-state index contributed by atoms with van der Waals surface area (Å²) < 4.78 is 11.4. The van der Waals surface area contributed by atoms with Crippen LogP contribution < -0.4 is 15.5 Å². The Balaban J connectivity index is 1.68. The molecule has 25 heavy (non-hydrogen) atoms. The minimum atomic E-state index is -0.253. The summed E-state index contributed by atoms with van der Waals surface area (Å²) in [5, 5.41) is 7.27. The number of aromatic nitrogens is 2. The van der Waals surface area contributed by atoms with Gasteiger partial charge in [-0.1, -0.05) is 0 Å². The first kappa shape index (κ1) is 17.8. The summed E-state index contributed by atoms with van der Waals surface area (Å²) in [5.74, 6) is 1.49. The first-order valence-corrected chi connectivity index (χ1v) is 9.20. The lowest BCUT2D eigenvalue weighted by Gasteiger charge is -2.28. The molecule has 1 aliphatic heterocycles. The van der Waals surface area contributed by atoms with Crippen LogP contribution in [-0.2, 0) is 14.3 Å². The van der Waals surface area contributed by atoms with Crippen molar-refractivity contribution in [1.29, 1.82) is 0 Å². The van der Waals surface area contributed by atoms with Crippen LogP contribution in [-0.4, -0.2) is 62.1 Å². The van der Waals surface area contributed by atoms with E-state index in [1.807, 2.05) is 13.0 Å². The SMILES string of the molecule is CCOC(=O)CNCNc1cc2nc(C)nc(N3CCOCC3)c2s1. The first-order valence-electron chi connectivity index (χ1n) is 8.38. The summed E-state index contributed by atoms with van der Waals surface area (Å²) in [6.45, 7) is 7.89. The van der Waals surface area contributed by atoms with Crippen LogP contribution in [0, 0.1) is 6.92 Å². The highest BCUT2D eigenvalue weighted by atomic mass is 32.1. The van der Waals surface area contributed by atoms with E-state index in [1.54, 1.807) is 18.3 Å². The van der Waals surface area contributed by atoms with Crippen molar-refractivity contribution in [2.45, 2.75) is 13.8 Å². The Morgan fingerprint density at radius 3 is 2.96 bits per heavy atom. The molecule has 0 radical (unpaired) electrons. The molecule has 0 atom stereocenters. The largest absolute Gasteiger partial charge is 0.465 e. The van der Waals surface area contributed by atoms with E-state index in [9.17, 15) is 4.79 Å². The third kappa shape index (κ3) is 4.56. The van der Waals surface area contributed by atoms with Gasteiger partial charge < -0.3 is 19.7 Å². The Bertz CT molecular complexity index is 730. The zero-order valence-corrected chi connectivity index (χ0v) is 15.3. The van der Waals surface area contributed by atoms with Gasteiger partial charge in [0.05, 0.1) is 48.3 Å². The predicted octanol–water partition coefficient (Wildman–Crippen LogP) is 1.36. The van der Waals surface area contributed by atoms with Gasteiger partial charge in [0, 0.05) is 13.1 Å². The number of carbonyl (C=O) groups excluding carboxylic acids is 1. The van der Waals surface area contributed by atoms with E-state index in [4.69, 9.17) is 9.47 Å². The van der Waals surface area contributed by atoms with Crippen molar-refractivity contribution in [3.8, 4) is 0 Å². The molecule has 2 N–H and O–H groups in total. The maximum absolute atomic E-state index is 11.3. The Morgan fingerprint density at radius 1 is 1.40 bits per heavy atom. The lowest BCUT2D eigenvalue weighted by molar-refractivity contribution is -0.141. The quantitative estimate of drug-likeness (QED) is 0.432. The topological polar surface area (TPSA) is 88.6 Å². The monoisotopic (exact) mass is 365 g/mol. The molecule has 8 nitrogen and oxygen atoms in total. The molecule has 0 spiro atoms. The number of carbonyl (C=O) groups is 1. The second kappa shape index (κ2) is 8.41.